The van der Waals surface area contributed by atoms with E-state index in [1.54, 1.807) is 0 Å². The van der Waals surface area contributed by atoms with Crippen molar-refractivity contribution in [3.63, 3.8) is 0 Å². The minimum Gasteiger partial charge on any atom is -0.389 e. The van der Waals surface area contributed by atoms with E-state index in [-0.39, 0.29) is 0 Å². The average Bonchev–Trinajstić information content (AvgIpc) is 2.28. The van der Waals surface area contributed by atoms with Crippen molar-refractivity contribution in [2.75, 3.05) is 6.54 Å². The number of benzene rings is 1. The molecule has 1 saturated carbocycles. The van der Waals surface area contributed by atoms with E-state index >= 15 is 0 Å². The maximum atomic E-state index is 10.4. The van der Waals surface area contributed by atoms with Crippen LogP contribution in [0.2, 0.25) is 0 Å². The van der Waals surface area contributed by atoms with Gasteiger partial charge >= 0.3 is 0 Å². The van der Waals surface area contributed by atoms with Gasteiger partial charge in [0, 0.05) is 13.1 Å². The molecule has 100 valence electrons. The third-order valence-electron chi connectivity index (χ3n) is 3.85. The molecule has 0 saturated heterocycles. The zero-order valence-electron chi connectivity index (χ0n) is 11.6. The van der Waals surface area contributed by atoms with E-state index in [9.17, 15) is 5.11 Å². The summed E-state index contributed by atoms with van der Waals surface area (Å²) in [5.41, 5.74) is 3.47. The summed E-state index contributed by atoms with van der Waals surface area (Å²) in [4.78, 5) is 0. The van der Waals surface area contributed by atoms with Crippen LogP contribution < -0.4 is 5.32 Å². The SMILES string of the molecule is Cc1cc(C)cc(CNCC2(O)CCCCC2)c1. The van der Waals surface area contributed by atoms with Gasteiger partial charge in [-0.05, 0) is 32.3 Å². The molecule has 1 fully saturated rings. The molecule has 0 bridgehead atoms. The van der Waals surface area contributed by atoms with Crippen molar-refractivity contribution in [2.45, 2.75) is 58.1 Å². The number of aliphatic hydroxyl groups is 1. The lowest BCUT2D eigenvalue weighted by Crippen LogP contribution is -2.41. The molecular weight excluding hydrogens is 222 g/mol. The van der Waals surface area contributed by atoms with Crippen molar-refractivity contribution < 1.29 is 5.11 Å². The Balaban J connectivity index is 1.84. The van der Waals surface area contributed by atoms with Gasteiger partial charge in [0.05, 0.1) is 5.60 Å². The molecule has 1 aliphatic rings. The highest BCUT2D eigenvalue weighted by Crippen LogP contribution is 2.27. The van der Waals surface area contributed by atoms with E-state index in [1.807, 2.05) is 0 Å². The van der Waals surface area contributed by atoms with E-state index in [2.05, 4.69) is 37.4 Å². The molecule has 0 unspecified atom stereocenters. The lowest BCUT2D eigenvalue weighted by molar-refractivity contribution is 0.00468. The summed E-state index contributed by atoms with van der Waals surface area (Å²) < 4.78 is 0. The number of nitrogens with one attached hydrogen (secondary N) is 1. The third kappa shape index (κ3) is 3.82. The Bertz CT molecular complexity index is 374. The van der Waals surface area contributed by atoms with E-state index in [0.717, 1.165) is 25.9 Å². The van der Waals surface area contributed by atoms with Crippen LogP contribution in [0.1, 0.15) is 48.8 Å². The second-order valence-corrected chi connectivity index (χ2v) is 5.88. The predicted octanol–water partition coefficient (Wildman–Crippen LogP) is 3.09. The van der Waals surface area contributed by atoms with Gasteiger partial charge in [0.2, 0.25) is 0 Å². The van der Waals surface area contributed by atoms with Gasteiger partial charge in [-0.1, -0.05) is 48.6 Å². The predicted molar refractivity (Wildman–Crippen MR) is 75.7 cm³/mol. The van der Waals surface area contributed by atoms with Crippen LogP contribution in [-0.4, -0.2) is 17.3 Å². The van der Waals surface area contributed by atoms with E-state index in [0.29, 0.717) is 0 Å². The van der Waals surface area contributed by atoms with Crippen molar-refractivity contribution in [1.29, 1.82) is 0 Å². The summed E-state index contributed by atoms with van der Waals surface area (Å²) in [6, 6.07) is 6.62. The fraction of sp³-hybridized carbons (Fsp3) is 0.625. The first-order valence-electron chi connectivity index (χ1n) is 7.08. The molecule has 2 nitrogen and oxygen atoms in total. The first-order valence-corrected chi connectivity index (χ1v) is 7.08. The van der Waals surface area contributed by atoms with Gasteiger partial charge in [-0.15, -0.1) is 0 Å². The average molecular weight is 247 g/mol. The minimum atomic E-state index is -0.461. The normalized spacial score (nSPS) is 18.8. The molecule has 0 spiro atoms. The molecule has 0 atom stereocenters. The summed E-state index contributed by atoms with van der Waals surface area (Å²) in [5.74, 6) is 0. The van der Waals surface area contributed by atoms with Crippen molar-refractivity contribution in [3.8, 4) is 0 Å². The molecule has 0 amide bonds. The molecule has 0 heterocycles. The maximum Gasteiger partial charge on any atom is 0.0771 e. The fourth-order valence-electron chi connectivity index (χ4n) is 3.00. The molecule has 1 aromatic rings. The lowest BCUT2D eigenvalue weighted by Gasteiger charge is -2.32. The Morgan fingerprint density at radius 1 is 1.06 bits per heavy atom. The topological polar surface area (TPSA) is 32.3 Å². The van der Waals surface area contributed by atoms with Gasteiger partial charge in [-0.3, -0.25) is 0 Å². The summed E-state index contributed by atoms with van der Waals surface area (Å²) in [6.45, 7) is 5.83. The van der Waals surface area contributed by atoms with Gasteiger partial charge < -0.3 is 10.4 Å². The molecule has 0 aromatic heterocycles. The summed E-state index contributed by atoms with van der Waals surface area (Å²) in [7, 11) is 0. The summed E-state index contributed by atoms with van der Waals surface area (Å²) in [5, 5.41) is 13.8. The second-order valence-electron chi connectivity index (χ2n) is 5.88. The van der Waals surface area contributed by atoms with E-state index in [4.69, 9.17) is 0 Å². The first-order chi connectivity index (χ1) is 8.57. The van der Waals surface area contributed by atoms with Gasteiger partial charge in [-0.25, -0.2) is 0 Å². The number of rotatable bonds is 4. The number of hydrogen-bond donors (Lipinski definition) is 2. The number of aryl methyl sites for hydroxylation is 2. The van der Waals surface area contributed by atoms with Crippen LogP contribution in [0.3, 0.4) is 0 Å². The van der Waals surface area contributed by atoms with Crippen molar-refractivity contribution in [2.24, 2.45) is 0 Å². The Morgan fingerprint density at radius 2 is 1.67 bits per heavy atom. The van der Waals surface area contributed by atoms with Crippen LogP contribution in [0.5, 0.6) is 0 Å². The summed E-state index contributed by atoms with van der Waals surface area (Å²) in [6.07, 6.45) is 5.52. The fourth-order valence-corrected chi connectivity index (χ4v) is 3.00. The highest BCUT2D eigenvalue weighted by molar-refractivity contribution is 5.28. The zero-order valence-corrected chi connectivity index (χ0v) is 11.6. The van der Waals surface area contributed by atoms with Gasteiger partial charge in [0.25, 0.3) is 0 Å². The van der Waals surface area contributed by atoms with Gasteiger partial charge in [0.1, 0.15) is 0 Å². The van der Waals surface area contributed by atoms with Crippen LogP contribution in [0.25, 0.3) is 0 Å². The molecule has 0 aliphatic heterocycles. The van der Waals surface area contributed by atoms with Gasteiger partial charge in [0.15, 0.2) is 0 Å². The molecule has 2 heteroatoms. The highest BCUT2D eigenvalue weighted by Gasteiger charge is 2.28. The standard InChI is InChI=1S/C16H25NO/c1-13-8-14(2)10-15(9-13)11-17-12-16(18)6-4-3-5-7-16/h8-10,17-18H,3-7,11-12H2,1-2H3. The molecule has 2 N–H and O–H groups in total. The molecule has 0 radical (unpaired) electrons. The van der Waals surface area contributed by atoms with Crippen LogP contribution in [0.15, 0.2) is 18.2 Å². The zero-order chi connectivity index (χ0) is 13.0. The van der Waals surface area contributed by atoms with Crippen LogP contribution in [0.4, 0.5) is 0 Å². The molecular formula is C16H25NO. The Kier molecular flexibility index (Phi) is 4.41. The van der Waals surface area contributed by atoms with E-state index in [1.165, 1.54) is 36.0 Å². The summed E-state index contributed by atoms with van der Waals surface area (Å²) >= 11 is 0. The monoisotopic (exact) mass is 247 g/mol. The molecule has 2 rings (SSSR count). The van der Waals surface area contributed by atoms with E-state index < -0.39 is 5.60 Å². The quantitative estimate of drug-likeness (QED) is 0.857. The molecule has 1 aliphatic carbocycles. The largest absolute Gasteiger partial charge is 0.389 e. The Morgan fingerprint density at radius 3 is 2.28 bits per heavy atom. The van der Waals surface area contributed by atoms with Crippen molar-refractivity contribution in [3.05, 3.63) is 34.9 Å². The number of hydrogen-bond acceptors (Lipinski definition) is 2. The Hall–Kier alpha value is -0.860. The molecule has 18 heavy (non-hydrogen) atoms. The van der Waals surface area contributed by atoms with Crippen molar-refractivity contribution >= 4 is 0 Å². The van der Waals surface area contributed by atoms with Crippen molar-refractivity contribution in [1.82, 2.24) is 5.32 Å². The smallest absolute Gasteiger partial charge is 0.0771 e. The first kappa shape index (κ1) is 13.6. The lowest BCUT2D eigenvalue weighted by atomic mass is 9.85. The maximum absolute atomic E-state index is 10.4. The highest BCUT2D eigenvalue weighted by atomic mass is 16.3. The molecule has 1 aromatic carbocycles. The van der Waals surface area contributed by atoms with Crippen LogP contribution >= 0.6 is 0 Å². The third-order valence-corrected chi connectivity index (χ3v) is 3.85. The Labute approximate surface area is 110 Å². The van der Waals surface area contributed by atoms with Crippen LogP contribution in [0, 0.1) is 13.8 Å². The second kappa shape index (κ2) is 5.85. The van der Waals surface area contributed by atoms with Gasteiger partial charge in [-0.2, -0.15) is 0 Å². The van der Waals surface area contributed by atoms with Crippen LogP contribution in [-0.2, 0) is 6.54 Å². The minimum absolute atomic E-state index is 0.461.